The van der Waals surface area contributed by atoms with E-state index in [2.05, 4.69) is 101 Å². The van der Waals surface area contributed by atoms with Gasteiger partial charge in [0.1, 0.15) is 11.4 Å². The number of benzene rings is 5. The summed E-state index contributed by atoms with van der Waals surface area (Å²) in [6.45, 7) is 8.00. The average molecular weight is 640 g/mol. The van der Waals surface area contributed by atoms with Crippen LogP contribution >= 0.6 is 7.92 Å². The van der Waals surface area contributed by atoms with Crippen molar-refractivity contribution in [2.75, 3.05) is 0 Å². The Labute approximate surface area is 279 Å². The highest BCUT2D eigenvalue weighted by atomic mass is 31.1. The van der Waals surface area contributed by atoms with Crippen molar-refractivity contribution in [1.82, 2.24) is 14.8 Å². The molecule has 0 aliphatic rings. The first-order valence-corrected chi connectivity index (χ1v) is 17.3. The second-order valence-corrected chi connectivity index (χ2v) is 12.1. The molecule has 0 aliphatic heterocycles. The van der Waals surface area contributed by atoms with Gasteiger partial charge >= 0.3 is 0 Å². The Hall–Kier alpha value is -5.25. The molecule has 1 N–H and O–H groups in total. The minimum Gasteiger partial charge on any atom is -0.451 e. The molecule has 7 rings (SSSR count). The number of rotatable bonds is 6. The van der Waals surface area contributed by atoms with Crippen LogP contribution in [-0.2, 0) is 7.05 Å². The van der Waals surface area contributed by atoms with E-state index in [-0.39, 0.29) is 11.3 Å². The zero-order valence-corrected chi connectivity index (χ0v) is 28.6. The highest BCUT2D eigenvalue weighted by Gasteiger charge is 2.16. The predicted octanol–water partition coefficient (Wildman–Crippen LogP) is 9.22. The van der Waals surface area contributed by atoms with Gasteiger partial charge in [-0.3, -0.25) is 9.89 Å². The fourth-order valence-corrected chi connectivity index (χ4v) is 7.22. The van der Waals surface area contributed by atoms with Crippen molar-refractivity contribution in [2.24, 2.45) is 7.05 Å². The summed E-state index contributed by atoms with van der Waals surface area (Å²) in [5.74, 6) is 0.885. The molecule has 0 saturated carbocycles. The molecule has 0 saturated heterocycles. The molecule has 0 aliphatic carbocycles. The number of nitrogens with one attached hydrogen (secondary N) is 1. The van der Waals surface area contributed by atoms with E-state index in [0.29, 0.717) is 5.75 Å². The highest BCUT2D eigenvalue weighted by molar-refractivity contribution is 7.79. The Morgan fingerprint density at radius 2 is 1.00 bits per heavy atom. The van der Waals surface area contributed by atoms with Gasteiger partial charge in [-0.1, -0.05) is 167 Å². The number of H-pyrrole nitrogens is 1. The zero-order valence-electron chi connectivity index (χ0n) is 27.7. The van der Waals surface area contributed by atoms with Crippen molar-refractivity contribution < 1.29 is 4.74 Å². The van der Waals surface area contributed by atoms with Crippen molar-refractivity contribution in [3.8, 4) is 22.8 Å². The predicted molar refractivity (Wildman–Crippen MR) is 201 cm³/mol. The molecule has 0 bridgehead atoms. The summed E-state index contributed by atoms with van der Waals surface area (Å²) in [5, 5.41) is 11.6. The Morgan fingerprint density at radius 1 is 0.596 bits per heavy atom. The third-order valence-corrected chi connectivity index (χ3v) is 9.40. The van der Waals surface area contributed by atoms with Crippen LogP contribution in [0.1, 0.15) is 27.7 Å². The number of para-hydroxylation sites is 1. The second kappa shape index (κ2) is 18.0. The molecule has 7 aromatic rings. The smallest absolute Gasteiger partial charge is 0.293 e. The van der Waals surface area contributed by atoms with E-state index in [9.17, 15) is 4.79 Å². The summed E-state index contributed by atoms with van der Waals surface area (Å²) in [4.78, 5) is 12.7. The average Bonchev–Trinajstić information content (AvgIpc) is 3.59. The topological polar surface area (TPSA) is 59.9 Å². The summed E-state index contributed by atoms with van der Waals surface area (Å²) in [7, 11) is 1.28. The van der Waals surface area contributed by atoms with Crippen LogP contribution < -0.4 is 26.2 Å². The minimum atomic E-state index is -0.446. The van der Waals surface area contributed by atoms with Gasteiger partial charge in [0.25, 0.3) is 5.56 Å². The highest BCUT2D eigenvalue weighted by Crippen LogP contribution is 2.32. The Balaban J connectivity index is 0.000000197. The van der Waals surface area contributed by atoms with Crippen molar-refractivity contribution >= 4 is 34.9 Å². The van der Waals surface area contributed by atoms with Crippen LogP contribution in [0.15, 0.2) is 163 Å². The van der Waals surface area contributed by atoms with Crippen molar-refractivity contribution in [3.05, 3.63) is 168 Å². The monoisotopic (exact) mass is 639 g/mol. The Morgan fingerprint density at radius 3 is 1.45 bits per heavy atom. The summed E-state index contributed by atoms with van der Waals surface area (Å²) >= 11 is 0. The summed E-state index contributed by atoms with van der Waals surface area (Å²) in [6.07, 6.45) is 0. The standard InChI is InChI=1S/C19H15N3O2.C18H15P.2C2H6/c1-22-18-15(20-21-17(18)13-8-4-2-5-9-13)12-16(19(22)23)24-14-10-6-3-7-11-14;1-4-10-16(11-5-1)19(17-12-6-2-7-13-17)18-14-8-3-9-15-18;2*1-2/h2-12H,1H3,(H,20,21);1-15H;2*1-2H3. The fraction of sp³-hybridized carbons (Fsp3) is 0.122. The second-order valence-electron chi connectivity index (χ2n) is 9.83. The summed E-state index contributed by atoms with van der Waals surface area (Å²) < 4.78 is 7.30. The van der Waals surface area contributed by atoms with Gasteiger partial charge in [-0.15, -0.1) is 0 Å². The molecule has 2 heterocycles. The molecule has 0 amide bonds. The van der Waals surface area contributed by atoms with E-state index >= 15 is 0 Å². The van der Waals surface area contributed by atoms with E-state index in [1.165, 1.54) is 15.9 Å². The van der Waals surface area contributed by atoms with E-state index in [1.807, 2.05) is 88.4 Å². The number of aromatic nitrogens is 3. The summed E-state index contributed by atoms with van der Waals surface area (Å²) in [5.41, 5.74) is 3.00. The van der Waals surface area contributed by atoms with E-state index < -0.39 is 7.92 Å². The first-order valence-electron chi connectivity index (χ1n) is 16.0. The molecular formula is C41H42N3O2P. The van der Waals surface area contributed by atoms with Crippen LogP contribution in [0.3, 0.4) is 0 Å². The molecule has 0 spiro atoms. The fourth-order valence-electron chi connectivity index (χ4n) is 4.91. The van der Waals surface area contributed by atoms with E-state index in [4.69, 9.17) is 4.74 Å². The molecule has 2 aromatic heterocycles. The molecule has 6 heteroatoms. The lowest BCUT2D eigenvalue weighted by molar-refractivity contribution is 0.472. The number of ether oxygens (including phenoxy) is 1. The molecule has 0 atom stereocenters. The number of aromatic amines is 1. The largest absolute Gasteiger partial charge is 0.451 e. The number of fused-ring (bicyclic) bond motifs is 1. The van der Waals surface area contributed by atoms with E-state index in [1.54, 1.807) is 17.7 Å². The van der Waals surface area contributed by atoms with Crippen molar-refractivity contribution in [2.45, 2.75) is 27.7 Å². The van der Waals surface area contributed by atoms with Gasteiger partial charge in [-0.25, -0.2) is 0 Å². The van der Waals surface area contributed by atoms with Gasteiger partial charge in [0.05, 0.1) is 11.0 Å². The van der Waals surface area contributed by atoms with Gasteiger partial charge < -0.3 is 9.30 Å². The molecule has 0 unspecified atom stereocenters. The molecule has 5 nitrogen and oxygen atoms in total. The van der Waals surface area contributed by atoms with Crippen LogP contribution in [0.4, 0.5) is 0 Å². The zero-order chi connectivity index (χ0) is 33.4. The number of nitrogens with zero attached hydrogens (tertiary/aromatic N) is 2. The third-order valence-electron chi connectivity index (χ3n) is 6.96. The normalized spacial score (nSPS) is 10.1. The number of aryl methyl sites for hydroxylation is 1. The number of hydrogen-bond acceptors (Lipinski definition) is 3. The van der Waals surface area contributed by atoms with Crippen LogP contribution in [0.2, 0.25) is 0 Å². The molecular weight excluding hydrogens is 597 g/mol. The molecule has 0 radical (unpaired) electrons. The van der Waals surface area contributed by atoms with Crippen molar-refractivity contribution in [3.63, 3.8) is 0 Å². The first-order chi connectivity index (χ1) is 23.2. The number of pyridine rings is 1. The Kier molecular flexibility index (Phi) is 13.3. The quantitative estimate of drug-likeness (QED) is 0.185. The minimum absolute atomic E-state index is 0.204. The molecule has 0 fully saturated rings. The van der Waals surface area contributed by atoms with E-state index in [0.717, 1.165) is 22.3 Å². The van der Waals surface area contributed by atoms with Gasteiger partial charge in [-0.05, 0) is 36.0 Å². The van der Waals surface area contributed by atoms with Crippen molar-refractivity contribution in [1.29, 1.82) is 0 Å². The first kappa shape index (κ1) is 34.6. The van der Waals surface area contributed by atoms with Crippen LogP contribution in [-0.4, -0.2) is 14.8 Å². The maximum atomic E-state index is 12.7. The molecule has 47 heavy (non-hydrogen) atoms. The van der Waals surface area contributed by atoms with Crippen LogP contribution in [0.5, 0.6) is 11.5 Å². The molecule has 5 aromatic carbocycles. The third kappa shape index (κ3) is 8.72. The lowest BCUT2D eigenvalue weighted by Gasteiger charge is -2.18. The van der Waals surface area contributed by atoms with Crippen LogP contribution in [0.25, 0.3) is 22.3 Å². The van der Waals surface area contributed by atoms with Gasteiger partial charge in [0.15, 0.2) is 5.75 Å². The van der Waals surface area contributed by atoms with Gasteiger partial charge in [0, 0.05) is 18.7 Å². The summed E-state index contributed by atoms with van der Waals surface area (Å²) in [6, 6.07) is 53.0. The molecule has 238 valence electrons. The van der Waals surface area contributed by atoms with Crippen LogP contribution in [0, 0.1) is 0 Å². The number of hydrogen-bond donors (Lipinski definition) is 1. The SMILES string of the molecule is CC.CC.Cn1c(=O)c(Oc2ccccc2)cc2[nH]nc(-c3ccccc3)c21.c1ccc(P(c2ccccc2)c2ccccc2)cc1. The van der Waals surface area contributed by atoms with Gasteiger partial charge in [-0.2, -0.15) is 5.10 Å². The maximum absolute atomic E-state index is 12.7. The Bertz CT molecular complexity index is 1870. The van der Waals surface area contributed by atoms with Gasteiger partial charge in [0.2, 0.25) is 0 Å². The lowest BCUT2D eigenvalue weighted by atomic mass is 10.1. The maximum Gasteiger partial charge on any atom is 0.293 e. The lowest BCUT2D eigenvalue weighted by Crippen LogP contribution is -2.20.